The largest absolute Gasteiger partial charge is 0.468 e. The number of halogens is 4. The number of guanidine groups is 1. The average molecular weight is 514 g/mol. The molecular weight excluding hydrogens is 488 g/mol. The van der Waals surface area contributed by atoms with E-state index in [-0.39, 0.29) is 35.3 Å². The van der Waals surface area contributed by atoms with Gasteiger partial charge in [-0.05, 0) is 25.3 Å². The molecule has 3 heterocycles. The molecule has 0 radical (unpaired) electrons. The van der Waals surface area contributed by atoms with E-state index in [4.69, 9.17) is 4.74 Å². The number of likely N-dealkylation sites (tertiary alicyclic amines) is 1. The fourth-order valence-corrected chi connectivity index (χ4v) is 3.42. The Labute approximate surface area is 179 Å². The molecule has 1 spiro atoms. The SMILES string of the molecule is CCNC(=NCc1ccc(OCC(F)(F)F)nc1)N1CCC2(CCOC2)C1.I. The molecule has 0 aliphatic carbocycles. The van der Waals surface area contributed by atoms with Gasteiger partial charge in [0.2, 0.25) is 5.88 Å². The van der Waals surface area contributed by atoms with Crippen molar-refractivity contribution in [1.29, 1.82) is 0 Å². The van der Waals surface area contributed by atoms with Gasteiger partial charge in [-0.1, -0.05) is 6.07 Å². The van der Waals surface area contributed by atoms with E-state index < -0.39 is 12.8 Å². The second-order valence-corrected chi connectivity index (χ2v) is 7.05. The zero-order valence-electron chi connectivity index (χ0n) is 15.8. The first-order valence-electron chi connectivity index (χ1n) is 9.15. The smallest absolute Gasteiger partial charge is 0.422 e. The fourth-order valence-electron chi connectivity index (χ4n) is 3.42. The summed E-state index contributed by atoms with van der Waals surface area (Å²) < 4.78 is 46.7. The molecule has 3 rings (SSSR count). The monoisotopic (exact) mass is 514 g/mol. The molecule has 1 atom stereocenters. The molecule has 2 aliphatic heterocycles. The van der Waals surface area contributed by atoms with Gasteiger partial charge in [0.25, 0.3) is 0 Å². The highest BCUT2D eigenvalue weighted by Crippen LogP contribution is 2.38. The molecule has 1 aromatic heterocycles. The quantitative estimate of drug-likeness (QED) is 0.372. The van der Waals surface area contributed by atoms with Crippen molar-refractivity contribution in [3.63, 3.8) is 0 Å². The van der Waals surface area contributed by atoms with Crippen LogP contribution in [0.5, 0.6) is 5.88 Å². The Balaban J connectivity index is 0.00000280. The summed E-state index contributed by atoms with van der Waals surface area (Å²) >= 11 is 0. The van der Waals surface area contributed by atoms with Crippen LogP contribution in [0.2, 0.25) is 0 Å². The third-order valence-electron chi connectivity index (χ3n) is 4.85. The number of nitrogens with zero attached hydrogens (tertiary/aromatic N) is 3. The summed E-state index contributed by atoms with van der Waals surface area (Å²) in [6.07, 6.45) is -0.686. The van der Waals surface area contributed by atoms with Gasteiger partial charge in [-0.25, -0.2) is 9.98 Å². The molecular formula is C18H26F3IN4O2. The first-order chi connectivity index (χ1) is 12.9. The number of ether oxygens (including phenoxy) is 2. The van der Waals surface area contributed by atoms with Crippen molar-refractivity contribution < 1.29 is 22.6 Å². The van der Waals surface area contributed by atoms with Gasteiger partial charge >= 0.3 is 6.18 Å². The molecule has 2 saturated heterocycles. The van der Waals surface area contributed by atoms with Crippen molar-refractivity contribution in [2.75, 3.05) is 39.5 Å². The number of aliphatic imine (C=N–C) groups is 1. The average Bonchev–Trinajstić information content (AvgIpc) is 3.27. The van der Waals surface area contributed by atoms with Crippen LogP contribution in [0.4, 0.5) is 13.2 Å². The van der Waals surface area contributed by atoms with Crippen LogP contribution in [0.1, 0.15) is 25.3 Å². The normalized spacial score (nSPS) is 22.4. The summed E-state index contributed by atoms with van der Waals surface area (Å²) in [6.45, 7) is 5.36. The number of nitrogens with one attached hydrogen (secondary N) is 1. The van der Waals surface area contributed by atoms with Crippen molar-refractivity contribution in [3.8, 4) is 5.88 Å². The van der Waals surface area contributed by atoms with Crippen LogP contribution >= 0.6 is 24.0 Å². The minimum atomic E-state index is -4.37. The number of aromatic nitrogens is 1. The third kappa shape index (κ3) is 6.36. The number of alkyl halides is 3. The maximum Gasteiger partial charge on any atom is 0.422 e. The van der Waals surface area contributed by atoms with E-state index in [0.29, 0.717) is 6.54 Å². The lowest BCUT2D eigenvalue weighted by Crippen LogP contribution is -2.41. The summed E-state index contributed by atoms with van der Waals surface area (Å²) in [4.78, 5) is 10.8. The molecule has 6 nitrogen and oxygen atoms in total. The van der Waals surface area contributed by atoms with Crippen molar-refractivity contribution in [2.45, 2.75) is 32.5 Å². The lowest BCUT2D eigenvalue weighted by molar-refractivity contribution is -0.154. The highest BCUT2D eigenvalue weighted by Gasteiger charge is 2.42. The second-order valence-electron chi connectivity index (χ2n) is 7.05. The highest BCUT2D eigenvalue weighted by molar-refractivity contribution is 14.0. The highest BCUT2D eigenvalue weighted by atomic mass is 127. The maximum atomic E-state index is 12.2. The van der Waals surface area contributed by atoms with Gasteiger partial charge in [-0.3, -0.25) is 0 Å². The molecule has 2 aliphatic rings. The molecule has 1 N–H and O–H groups in total. The van der Waals surface area contributed by atoms with Crippen molar-refractivity contribution in [3.05, 3.63) is 23.9 Å². The van der Waals surface area contributed by atoms with Crippen molar-refractivity contribution in [2.24, 2.45) is 10.4 Å². The molecule has 28 heavy (non-hydrogen) atoms. The first-order valence-corrected chi connectivity index (χ1v) is 9.15. The van der Waals surface area contributed by atoms with Crippen LogP contribution in [0, 0.1) is 5.41 Å². The van der Waals surface area contributed by atoms with E-state index in [1.165, 1.54) is 12.3 Å². The maximum absolute atomic E-state index is 12.2. The predicted molar refractivity (Wildman–Crippen MR) is 110 cm³/mol. The molecule has 2 fully saturated rings. The Bertz CT molecular complexity index is 649. The minimum absolute atomic E-state index is 0. The molecule has 0 aromatic carbocycles. The summed E-state index contributed by atoms with van der Waals surface area (Å²) in [5, 5.41) is 3.31. The zero-order chi connectivity index (χ0) is 19.3. The molecule has 1 aromatic rings. The van der Waals surface area contributed by atoms with Crippen LogP contribution < -0.4 is 10.1 Å². The molecule has 0 amide bonds. The van der Waals surface area contributed by atoms with Crippen LogP contribution in [0.3, 0.4) is 0 Å². The van der Waals surface area contributed by atoms with E-state index in [1.54, 1.807) is 6.07 Å². The summed E-state index contributed by atoms with van der Waals surface area (Å²) in [7, 11) is 0. The first kappa shape index (κ1) is 23.0. The van der Waals surface area contributed by atoms with E-state index in [9.17, 15) is 13.2 Å². The summed E-state index contributed by atoms with van der Waals surface area (Å²) in [5.74, 6) is 0.799. The van der Waals surface area contributed by atoms with Crippen LogP contribution in [0.25, 0.3) is 0 Å². The van der Waals surface area contributed by atoms with E-state index in [2.05, 4.69) is 24.9 Å². The van der Waals surface area contributed by atoms with Crippen LogP contribution in [0.15, 0.2) is 23.3 Å². The number of hydrogen-bond acceptors (Lipinski definition) is 4. The second kappa shape index (κ2) is 9.95. The van der Waals surface area contributed by atoms with Crippen LogP contribution in [-0.4, -0.2) is 61.5 Å². The molecule has 1 unspecified atom stereocenters. The van der Waals surface area contributed by atoms with Crippen molar-refractivity contribution in [1.82, 2.24) is 15.2 Å². The zero-order valence-corrected chi connectivity index (χ0v) is 18.1. The lowest BCUT2D eigenvalue weighted by atomic mass is 9.87. The Kier molecular flexibility index (Phi) is 8.17. The third-order valence-corrected chi connectivity index (χ3v) is 4.85. The number of hydrogen-bond donors (Lipinski definition) is 1. The van der Waals surface area contributed by atoms with Gasteiger partial charge in [-0.2, -0.15) is 13.2 Å². The predicted octanol–water partition coefficient (Wildman–Crippen LogP) is 3.22. The van der Waals surface area contributed by atoms with Crippen molar-refractivity contribution >= 4 is 29.9 Å². The van der Waals surface area contributed by atoms with E-state index in [0.717, 1.165) is 57.2 Å². The number of pyridine rings is 1. The Morgan fingerprint density at radius 3 is 2.82 bits per heavy atom. The molecule has 10 heteroatoms. The Morgan fingerprint density at radius 2 is 2.21 bits per heavy atom. The van der Waals surface area contributed by atoms with Gasteiger partial charge in [0, 0.05) is 43.9 Å². The summed E-state index contributed by atoms with van der Waals surface area (Å²) in [6, 6.07) is 3.12. The molecule has 158 valence electrons. The fraction of sp³-hybridized carbons (Fsp3) is 0.667. The molecule has 0 bridgehead atoms. The van der Waals surface area contributed by atoms with E-state index in [1.807, 2.05) is 6.92 Å². The van der Waals surface area contributed by atoms with Crippen LogP contribution in [-0.2, 0) is 11.3 Å². The topological polar surface area (TPSA) is 59.0 Å². The minimum Gasteiger partial charge on any atom is -0.468 e. The molecule has 0 saturated carbocycles. The van der Waals surface area contributed by atoms with Gasteiger partial charge in [0.05, 0.1) is 13.2 Å². The standard InChI is InChI=1S/C18H25F3N4O2.HI/c1-2-22-16(25-7-5-17(11-25)6-8-26-12-17)24-10-14-3-4-15(23-9-14)27-13-18(19,20)21;/h3-4,9H,2,5-8,10-13H2,1H3,(H,22,24);1H. The summed E-state index contributed by atoms with van der Waals surface area (Å²) in [5.41, 5.74) is 1.05. The van der Waals surface area contributed by atoms with Gasteiger partial charge < -0.3 is 19.7 Å². The van der Waals surface area contributed by atoms with E-state index >= 15 is 0 Å². The van der Waals surface area contributed by atoms with Gasteiger partial charge in [-0.15, -0.1) is 24.0 Å². The van der Waals surface area contributed by atoms with Gasteiger partial charge in [0.1, 0.15) is 0 Å². The Hall–Kier alpha value is -1.30. The lowest BCUT2D eigenvalue weighted by Gasteiger charge is -2.25. The Morgan fingerprint density at radius 1 is 1.39 bits per heavy atom. The van der Waals surface area contributed by atoms with Gasteiger partial charge in [0.15, 0.2) is 12.6 Å². The number of rotatable bonds is 5.